The molecule has 0 aliphatic heterocycles. The molecule has 0 aliphatic carbocycles. The number of aryl methyl sites for hydroxylation is 2. The molecule has 0 saturated heterocycles. The molecule has 3 aromatic heterocycles. The predicted octanol–water partition coefficient (Wildman–Crippen LogP) is 2.46. The van der Waals surface area contributed by atoms with Gasteiger partial charge >= 0.3 is 0 Å². The van der Waals surface area contributed by atoms with Crippen LogP contribution in [0.3, 0.4) is 0 Å². The van der Waals surface area contributed by atoms with Crippen LogP contribution in [0.15, 0.2) is 66.0 Å². The van der Waals surface area contributed by atoms with Gasteiger partial charge in [-0.25, -0.2) is 14.6 Å². The summed E-state index contributed by atoms with van der Waals surface area (Å²) < 4.78 is 3.16. The second-order valence-electron chi connectivity index (χ2n) is 6.40. The summed E-state index contributed by atoms with van der Waals surface area (Å²) in [7, 11) is 1.85. The first kappa shape index (κ1) is 16.8. The van der Waals surface area contributed by atoms with Crippen LogP contribution in [0.4, 0.5) is 0 Å². The van der Waals surface area contributed by atoms with Gasteiger partial charge < -0.3 is 0 Å². The molecule has 7 nitrogen and oxygen atoms in total. The molecule has 0 amide bonds. The van der Waals surface area contributed by atoms with Crippen LogP contribution in [0.2, 0.25) is 0 Å². The van der Waals surface area contributed by atoms with Crippen molar-refractivity contribution in [1.29, 1.82) is 0 Å². The Morgan fingerprint density at radius 1 is 1.00 bits per heavy atom. The number of hydrogen-bond donors (Lipinski definition) is 0. The van der Waals surface area contributed by atoms with Gasteiger partial charge in [-0.1, -0.05) is 18.2 Å². The van der Waals surface area contributed by atoms with Gasteiger partial charge in [-0.15, -0.1) is 0 Å². The van der Waals surface area contributed by atoms with Gasteiger partial charge in [0.2, 0.25) is 0 Å². The summed E-state index contributed by atoms with van der Waals surface area (Å²) in [5.41, 5.74) is 4.30. The Kier molecular flexibility index (Phi) is 4.33. The van der Waals surface area contributed by atoms with Crippen LogP contribution in [0.25, 0.3) is 22.6 Å². The van der Waals surface area contributed by atoms with E-state index in [1.165, 1.54) is 10.7 Å². The average Bonchev–Trinajstić information content (AvgIpc) is 3.11. The van der Waals surface area contributed by atoms with Crippen LogP contribution in [-0.4, -0.2) is 29.5 Å². The molecule has 0 radical (unpaired) electrons. The van der Waals surface area contributed by atoms with Crippen LogP contribution >= 0.6 is 0 Å². The summed E-state index contributed by atoms with van der Waals surface area (Å²) in [4.78, 5) is 21.0. The SMILES string of the molecule is Cc1cnc(-c2cccc(Cn3nc(-c4cnn(C)c4)ccc3=O)c2)nc1. The highest BCUT2D eigenvalue weighted by atomic mass is 16.1. The maximum Gasteiger partial charge on any atom is 0.267 e. The number of benzene rings is 1. The van der Waals surface area contributed by atoms with Crippen molar-refractivity contribution in [2.75, 3.05) is 0 Å². The van der Waals surface area contributed by atoms with E-state index in [1.54, 1.807) is 29.3 Å². The normalized spacial score (nSPS) is 10.9. The van der Waals surface area contributed by atoms with Gasteiger partial charge in [-0.3, -0.25) is 9.48 Å². The Morgan fingerprint density at radius 2 is 1.81 bits per heavy atom. The van der Waals surface area contributed by atoms with E-state index in [0.717, 1.165) is 22.3 Å². The molecule has 0 fully saturated rings. The van der Waals surface area contributed by atoms with Crippen molar-refractivity contribution in [3.63, 3.8) is 0 Å². The Hall–Kier alpha value is -3.61. The van der Waals surface area contributed by atoms with E-state index in [0.29, 0.717) is 18.1 Å². The second-order valence-corrected chi connectivity index (χ2v) is 6.40. The molecule has 0 spiro atoms. The lowest BCUT2D eigenvalue weighted by Crippen LogP contribution is -2.22. The fourth-order valence-corrected chi connectivity index (χ4v) is 2.79. The Bertz CT molecular complexity index is 1140. The standard InChI is InChI=1S/C20H18N6O/c1-14-9-21-20(22-10-14)16-5-3-4-15(8-16)12-26-19(27)7-6-18(24-26)17-11-23-25(2)13-17/h3-11,13H,12H2,1-2H3. The van der Waals surface area contributed by atoms with Crippen molar-refractivity contribution in [2.45, 2.75) is 13.5 Å². The van der Waals surface area contributed by atoms with Gasteiger partial charge in [0.05, 0.1) is 18.4 Å². The van der Waals surface area contributed by atoms with Gasteiger partial charge in [0.25, 0.3) is 5.56 Å². The van der Waals surface area contributed by atoms with Crippen LogP contribution in [-0.2, 0) is 13.6 Å². The molecule has 3 heterocycles. The number of rotatable bonds is 4. The molecule has 0 N–H and O–H groups in total. The lowest BCUT2D eigenvalue weighted by atomic mass is 10.1. The molecule has 0 unspecified atom stereocenters. The summed E-state index contributed by atoms with van der Waals surface area (Å²) >= 11 is 0. The second kappa shape index (κ2) is 6.95. The lowest BCUT2D eigenvalue weighted by Gasteiger charge is -2.08. The largest absolute Gasteiger partial charge is 0.275 e. The molecule has 7 heteroatoms. The minimum atomic E-state index is -0.153. The zero-order valence-corrected chi connectivity index (χ0v) is 15.1. The van der Waals surface area contributed by atoms with E-state index in [2.05, 4.69) is 20.2 Å². The van der Waals surface area contributed by atoms with E-state index in [-0.39, 0.29) is 5.56 Å². The maximum atomic E-state index is 12.3. The minimum absolute atomic E-state index is 0.153. The van der Waals surface area contributed by atoms with Crippen LogP contribution in [0.5, 0.6) is 0 Å². The van der Waals surface area contributed by atoms with E-state index in [4.69, 9.17) is 0 Å². The van der Waals surface area contributed by atoms with Crippen LogP contribution < -0.4 is 5.56 Å². The lowest BCUT2D eigenvalue weighted by molar-refractivity contribution is 0.643. The van der Waals surface area contributed by atoms with E-state index >= 15 is 0 Å². The first-order chi connectivity index (χ1) is 13.1. The monoisotopic (exact) mass is 358 g/mol. The Labute approximate surface area is 156 Å². The molecule has 4 rings (SSSR count). The van der Waals surface area contributed by atoms with Crippen molar-refractivity contribution < 1.29 is 0 Å². The van der Waals surface area contributed by atoms with Gasteiger partial charge in [-0.05, 0) is 30.2 Å². The van der Waals surface area contributed by atoms with E-state index < -0.39 is 0 Å². The fraction of sp³-hybridized carbons (Fsp3) is 0.150. The minimum Gasteiger partial charge on any atom is -0.275 e. The highest BCUT2D eigenvalue weighted by molar-refractivity contribution is 5.56. The summed E-state index contributed by atoms with van der Waals surface area (Å²) in [6.45, 7) is 2.32. The smallest absolute Gasteiger partial charge is 0.267 e. The maximum absolute atomic E-state index is 12.3. The summed E-state index contributed by atoms with van der Waals surface area (Å²) in [5, 5.41) is 8.64. The van der Waals surface area contributed by atoms with Crippen LogP contribution in [0.1, 0.15) is 11.1 Å². The molecule has 0 aliphatic rings. The van der Waals surface area contributed by atoms with E-state index in [9.17, 15) is 4.79 Å². The van der Waals surface area contributed by atoms with Crippen molar-refractivity contribution >= 4 is 0 Å². The molecule has 0 saturated carbocycles. The molecule has 0 bridgehead atoms. The summed E-state index contributed by atoms with van der Waals surface area (Å²) in [5.74, 6) is 0.659. The summed E-state index contributed by atoms with van der Waals surface area (Å²) in [6.07, 6.45) is 7.18. The van der Waals surface area contributed by atoms with Crippen molar-refractivity contribution in [3.05, 3.63) is 82.7 Å². The summed E-state index contributed by atoms with van der Waals surface area (Å²) in [6, 6.07) is 11.1. The fourth-order valence-electron chi connectivity index (χ4n) is 2.79. The third-order valence-electron chi connectivity index (χ3n) is 4.17. The van der Waals surface area contributed by atoms with Gasteiger partial charge in [0, 0.05) is 42.8 Å². The zero-order chi connectivity index (χ0) is 18.8. The molecule has 27 heavy (non-hydrogen) atoms. The molecule has 1 aromatic carbocycles. The van der Waals surface area contributed by atoms with Crippen LogP contribution in [0, 0.1) is 6.92 Å². The number of nitrogens with zero attached hydrogens (tertiary/aromatic N) is 6. The molecule has 134 valence electrons. The number of aromatic nitrogens is 6. The first-order valence-corrected chi connectivity index (χ1v) is 8.54. The van der Waals surface area contributed by atoms with Crippen molar-refractivity contribution in [2.24, 2.45) is 7.05 Å². The van der Waals surface area contributed by atoms with Gasteiger partial charge in [0.1, 0.15) is 0 Å². The third kappa shape index (κ3) is 3.67. The molecule has 4 aromatic rings. The Morgan fingerprint density at radius 3 is 2.56 bits per heavy atom. The topological polar surface area (TPSA) is 78.5 Å². The molecular formula is C20H18N6O. The van der Waals surface area contributed by atoms with Crippen molar-refractivity contribution in [3.8, 4) is 22.6 Å². The highest BCUT2D eigenvalue weighted by Crippen LogP contribution is 2.17. The Balaban J connectivity index is 1.65. The van der Waals surface area contributed by atoms with Crippen molar-refractivity contribution in [1.82, 2.24) is 29.5 Å². The first-order valence-electron chi connectivity index (χ1n) is 8.54. The zero-order valence-electron chi connectivity index (χ0n) is 15.1. The molecular weight excluding hydrogens is 340 g/mol. The predicted molar refractivity (Wildman–Crippen MR) is 102 cm³/mol. The quantitative estimate of drug-likeness (QED) is 0.560. The van der Waals surface area contributed by atoms with Gasteiger partial charge in [0.15, 0.2) is 5.82 Å². The van der Waals surface area contributed by atoms with Gasteiger partial charge in [-0.2, -0.15) is 10.2 Å². The number of hydrogen-bond acceptors (Lipinski definition) is 5. The molecule has 0 atom stereocenters. The third-order valence-corrected chi connectivity index (χ3v) is 4.17. The average molecular weight is 358 g/mol. The van der Waals surface area contributed by atoms with E-state index in [1.807, 2.05) is 44.4 Å². The highest BCUT2D eigenvalue weighted by Gasteiger charge is 2.07.